The van der Waals surface area contributed by atoms with Gasteiger partial charge in [-0.3, -0.25) is 0 Å². The van der Waals surface area contributed by atoms with Crippen molar-refractivity contribution in [3.8, 4) is 0 Å². The standard InChI is InChI=1S/C37H36O2/c38-26-35-19-8-6-15-31(35)24-30-14-5-4-13-29(30)22-28-12-2-1-3-17-33(23-28)37-21-11-10-18-34(37)25-32-16-7-9-20-36(32)27-39/h1-16,18-21,23,33,38-39H,17,22,24-27H2/b3-1-,12-2-,28-23-. The molecule has 0 amide bonds. The molecule has 0 saturated heterocycles. The van der Waals surface area contributed by atoms with Crippen LogP contribution in [0.1, 0.15) is 56.8 Å². The SMILES string of the molecule is OCc1ccccc1Cc1ccccc1CC1=C\C(c2ccccc2Cc2ccccc2CO)C\C=C/C=C\1. The molecule has 1 atom stereocenters. The first-order valence-corrected chi connectivity index (χ1v) is 13.8. The van der Waals surface area contributed by atoms with Gasteiger partial charge in [-0.2, -0.15) is 0 Å². The second kappa shape index (κ2) is 13.2. The minimum Gasteiger partial charge on any atom is -0.392 e. The number of benzene rings is 4. The highest BCUT2D eigenvalue weighted by Crippen LogP contribution is 2.31. The minimum absolute atomic E-state index is 0.0571. The van der Waals surface area contributed by atoms with Crippen LogP contribution in [0, 0.1) is 0 Å². The number of allylic oxidation sites excluding steroid dienone is 6. The molecule has 196 valence electrons. The third kappa shape index (κ3) is 6.72. The fourth-order valence-electron chi connectivity index (χ4n) is 5.56. The molecule has 0 bridgehead atoms. The lowest BCUT2D eigenvalue weighted by molar-refractivity contribution is 0.280. The normalized spacial score (nSPS) is 18.0. The molecule has 0 heterocycles. The zero-order valence-corrected chi connectivity index (χ0v) is 22.3. The highest BCUT2D eigenvalue weighted by molar-refractivity contribution is 5.44. The summed E-state index contributed by atoms with van der Waals surface area (Å²) >= 11 is 0. The lowest BCUT2D eigenvalue weighted by atomic mass is 9.85. The Labute approximate surface area is 232 Å². The van der Waals surface area contributed by atoms with Crippen LogP contribution in [0.15, 0.2) is 133 Å². The van der Waals surface area contributed by atoms with E-state index in [-0.39, 0.29) is 19.1 Å². The van der Waals surface area contributed by atoms with E-state index >= 15 is 0 Å². The molecule has 4 aromatic rings. The molecule has 0 aromatic heterocycles. The van der Waals surface area contributed by atoms with Gasteiger partial charge in [0.15, 0.2) is 0 Å². The van der Waals surface area contributed by atoms with Gasteiger partial charge < -0.3 is 10.2 Å². The van der Waals surface area contributed by atoms with Crippen LogP contribution in [0.2, 0.25) is 0 Å². The molecule has 2 heteroatoms. The zero-order chi connectivity index (χ0) is 26.9. The van der Waals surface area contributed by atoms with Crippen molar-refractivity contribution in [1.82, 2.24) is 0 Å². The summed E-state index contributed by atoms with van der Waals surface area (Å²) in [6, 6.07) is 33.7. The largest absolute Gasteiger partial charge is 0.392 e. The molecule has 2 N–H and O–H groups in total. The van der Waals surface area contributed by atoms with E-state index < -0.39 is 0 Å². The van der Waals surface area contributed by atoms with Crippen molar-refractivity contribution < 1.29 is 10.2 Å². The van der Waals surface area contributed by atoms with E-state index in [9.17, 15) is 10.2 Å². The van der Waals surface area contributed by atoms with Gasteiger partial charge in [0, 0.05) is 5.92 Å². The van der Waals surface area contributed by atoms with Gasteiger partial charge in [-0.25, -0.2) is 0 Å². The van der Waals surface area contributed by atoms with Crippen LogP contribution in [0.3, 0.4) is 0 Å². The molecule has 5 rings (SSSR count). The summed E-state index contributed by atoms with van der Waals surface area (Å²) in [6.45, 7) is 0.115. The Balaban J connectivity index is 1.45. The Hall–Kier alpha value is -3.98. The van der Waals surface area contributed by atoms with Gasteiger partial charge in [-0.15, -0.1) is 0 Å². The molecule has 0 spiro atoms. The third-order valence-electron chi connectivity index (χ3n) is 7.67. The van der Waals surface area contributed by atoms with Crippen molar-refractivity contribution in [1.29, 1.82) is 0 Å². The lowest BCUT2D eigenvalue weighted by Crippen LogP contribution is -2.05. The number of aliphatic hydroxyl groups excluding tert-OH is 2. The summed E-state index contributed by atoms with van der Waals surface area (Å²) in [5.74, 6) is 0.265. The Morgan fingerprint density at radius 1 is 0.513 bits per heavy atom. The fourth-order valence-corrected chi connectivity index (χ4v) is 5.56. The summed E-state index contributed by atoms with van der Waals surface area (Å²) in [6.07, 6.45) is 14.7. The molecule has 1 aliphatic carbocycles. The summed E-state index contributed by atoms with van der Waals surface area (Å²) in [7, 11) is 0. The smallest absolute Gasteiger partial charge is 0.0684 e. The Morgan fingerprint density at radius 3 is 1.56 bits per heavy atom. The molecule has 39 heavy (non-hydrogen) atoms. The van der Waals surface area contributed by atoms with E-state index in [0.717, 1.165) is 36.8 Å². The van der Waals surface area contributed by atoms with Crippen LogP contribution >= 0.6 is 0 Å². The van der Waals surface area contributed by atoms with Crippen LogP contribution in [0.5, 0.6) is 0 Å². The molecular weight excluding hydrogens is 476 g/mol. The highest BCUT2D eigenvalue weighted by Gasteiger charge is 2.16. The van der Waals surface area contributed by atoms with Crippen molar-refractivity contribution in [3.63, 3.8) is 0 Å². The molecule has 0 aliphatic heterocycles. The van der Waals surface area contributed by atoms with Crippen LogP contribution in [-0.4, -0.2) is 10.2 Å². The lowest BCUT2D eigenvalue weighted by Gasteiger charge is -2.20. The van der Waals surface area contributed by atoms with Crippen LogP contribution in [0.4, 0.5) is 0 Å². The molecule has 1 unspecified atom stereocenters. The average Bonchev–Trinajstić information content (AvgIpc) is 2.96. The predicted octanol–water partition coefficient (Wildman–Crippen LogP) is 7.62. The van der Waals surface area contributed by atoms with E-state index in [1.54, 1.807) is 0 Å². The molecular formula is C37H36O2. The van der Waals surface area contributed by atoms with Crippen molar-refractivity contribution in [2.75, 3.05) is 0 Å². The first kappa shape index (κ1) is 26.6. The van der Waals surface area contributed by atoms with Crippen LogP contribution < -0.4 is 0 Å². The summed E-state index contributed by atoms with van der Waals surface area (Å²) in [5.41, 5.74) is 10.9. The second-order valence-corrected chi connectivity index (χ2v) is 10.2. The second-order valence-electron chi connectivity index (χ2n) is 10.2. The van der Waals surface area contributed by atoms with Crippen molar-refractivity contribution in [2.24, 2.45) is 0 Å². The number of hydrogen-bond donors (Lipinski definition) is 2. The summed E-state index contributed by atoms with van der Waals surface area (Å²) in [5, 5.41) is 19.7. The van der Waals surface area contributed by atoms with Crippen molar-refractivity contribution >= 4 is 0 Å². The first-order valence-electron chi connectivity index (χ1n) is 13.8. The zero-order valence-electron chi connectivity index (χ0n) is 22.3. The monoisotopic (exact) mass is 512 g/mol. The number of aliphatic hydroxyl groups is 2. The Morgan fingerprint density at radius 2 is 0.974 bits per heavy atom. The summed E-state index contributed by atoms with van der Waals surface area (Å²) in [4.78, 5) is 0. The van der Waals surface area contributed by atoms with E-state index in [2.05, 4.69) is 97.1 Å². The Kier molecular flexibility index (Phi) is 9.01. The third-order valence-corrected chi connectivity index (χ3v) is 7.67. The predicted molar refractivity (Wildman–Crippen MR) is 161 cm³/mol. The van der Waals surface area contributed by atoms with Crippen LogP contribution in [-0.2, 0) is 32.5 Å². The van der Waals surface area contributed by atoms with E-state index in [4.69, 9.17) is 0 Å². The van der Waals surface area contributed by atoms with E-state index in [0.29, 0.717) is 0 Å². The van der Waals surface area contributed by atoms with Gasteiger partial charge in [0.25, 0.3) is 0 Å². The number of rotatable bonds is 9. The van der Waals surface area contributed by atoms with Gasteiger partial charge >= 0.3 is 0 Å². The molecule has 0 radical (unpaired) electrons. The number of hydrogen-bond acceptors (Lipinski definition) is 2. The summed E-state index contributed by atoms with van der Waals surface area (Å²) < 4.78 is 0. The topological polar surface area (TPSA) is 40.5 Å². The van der Waals surface area contributed by atoms with Crippen LogP contribution in [0.25, 0.3) is 0 Å². The van der Waals surface area contributed by atoms with Gasteiger partial charge in [-0.05, 0) is 75.8 Å². The van der Waals surface area contributed by atoms with Gasteiger partial charge in [0.05, 0.1) is 13.2 Å². The maximum absolute atomic E-state index is 9.86. The van der Waals surface area contributed by atoms with Crippen molar-refractivity contribution in [3.05, 3.63) is 178 Å². The van der Waals surface area contributed by atoms with E-state index in [1.165, 1.54) is 39.0 Å². The molecule has 4 aromatic carbocycles. The average molecular weight is 513 g/mol. The highest BCUT2D eigenvalue weighted by atomic mass is 16.3. The molecule has 1 aliphatic rings. The fraction of sp³-hybridized carbons (Fsp3) is 0.189. The van der Waals surface area contributed by atoms with E-state index in [1.807, 2.05) is 30.3 Å². The molecule has 0 saturated carbocycles. The first-order chi connectivity index (χ1) is 19.2. The van der Waals surface area contributed by atoms with Crippen molar-refractivity contribution in [2.45, 2.75) is 44.8 Å². The minimum atomic E-state index is 0.0571. The quantitative estimate of drug-likeness (QED) is 0.242. The van der Waals surface area contributed by atoms with Gasteiger partial charge in [0.2, 0.25) is 0 Å². The maximum Gasteiger partial charge on any atom is 0.0684 e. The van der Waals surface area contributed by atoms with Gasteiger partial charge in [-0.1, -0.05) is 127 Å². The molecule has 0 fully saturated rings. The Bertz CT molecular complexity index is 1490. The maximum atomic E-state index is 9.86. The van der Waals surface area contributed by atoms with Gasteiger partial charge in [0.1, 0.15) is 0 Å². The molecule has 2 nitrogen and oxygen atoms in total.